The Kier molecular flexibility index (Phi) is 4.38. The number of nitrogens with one attached hydrogen (secondary N) is 1. The molecule has 0 saturated heterocycles. The topological polar surface area (TPSA) is 59.8 Å². The second-order valence-corrected chi connectivity index (χ2v) is 5.68. The third kappa shape index (κ3) is 3.58. The number of amides is 1. The van der Waals surface area contributed by atoms with Gasteiger partial charge >= 0.3 is 0 Å². The van der Waals surface area contributed by atoms with Crippen molar-refractivity contribution < 1.29 is 4.79 Å². The van der Waals surface area contributed by atoms with Crippen molar-refractivity contribution in [3.63, 3.8) is 0 Å². The van der Waals surface area contributed by atoms with E-state index in [1.807, 2.05) is 30.1 Å². The van der Waals surface area contributed by atoms with E-state index in [-0.39, 0.29) is 5.91 Å². The van der Waals surface area contributed by atoms with Crippen LogP contribution in [0.25, 0.3) is 0 Å². The first kappa shape index (κ1) is 13.1. The van der Waals surface area contributed by atoms with Gasteiger partial charge in [-0.3, -0.25) is 4.79 Å². The van der Waals surface area contributed by atoms with Crippen molar-refractivity contribution in [3.8, 4) is 0 Å². The van der Waals surface area contributed by atoms with Gasteiger partial charge in [-0.15, -0.1) is 11.3 Å². The van der Waals surface area contributed by atoms with E-state index in [1.54, 1.807) is 18.0 Å². The van der Waals surface area contributed by atoms with Crippen LogP contribution in [0.3, 0.4) is 0 Å². The molecule has 1 N–H and O–H groups in total. The summed E-state index contributed by atoms with van der Waals surface area (Å²) >= 11 is 3.02. The number of aromatic nitrogens is 3. The summed E-state index contributed by atoms with van der Waals surface area (Å²) in [5.41, 5.74) is 0.928. The fourth-order valence-electron chi connectivity index (χ4n) is 1.32. The summed E-state index contributed by atoms with van der Waals surface area (Å²) in [6, 6.07) is 0. The number of hydrogen-bond donors (Lipinski definition) is 1. The quantitative estimate of drug-likeness (QED) is 0.855. The van der Waals surface area contributed by atoms with Crippen LogP contribution in [0.1, 0.15) is 12.1 Å². The molecule has 1 amide bonds. The predicted molar refractivity (Wildman–Crippen MR) is 74.0 cm³/mol. The van der Waals surface area contributed by atoms with Crippen LogP contribution >= 0.6 is 23.1 Å². The molecule has 0 atom stereocenters. The summed E-state index contributed by atoms with van der Waals surface area (Å²) in [5, 5.41) is 6.29. The first-order valence-electron chi connectivity index (χ1n) is 5.47. The smallest absolute Gasteiger partial charge is 0.226 e. The Morgan fingerprint density at radius 2 is 2.44 bits per heavy atom. The van der Waals surface area contributed by atoms with Gasteiger partial charge in [-0.2, -0.15) is 0 Å². The Balaban J connectivity index is 1.74. The van der Waals surface area contributed by atoms with E-state index in [4.69, 9.17) is 0 Å². The maximum atomic E-state index is 11.7. The van der Waals surface area contributed by atoms with E-state index in [0.717, 1.165) is 10.9 Å². The van der Waals surface area contributed by atoms with E-state index < -0.39 is 0 Å². The number of anilines is 1. The highest BCUT2D eigenvalue weighted by Crippen LogP contribution is 2.17. The predicted octanol–water partition coefficient (Wildman–Crippen LogP) is 2.31. The fraction of sp³-hybridized carbons (Fsp3) is 0.364. The lowest BCUT2D eigenvalue weighted by atomic mass is 10.4. The number of hydrogen-bond acceptors (Lipinski definition) is 5. The third-order valence-electron chi connectivity index (χ3n) is 2.20. The molecular formula is C11H14N4OS2. The van der Waals surface area contributed by atoms with Crippen LogP contribution in [-0.4, -0.2) is 26.2 Å². The lowest BCUT2D eigenvalue weighted by Gasteiger charge is -2.02. The van der Waals surface area contributed by atoms with Gasteiger partial charge in [0.2, 0.25) is 5.91 Å². The van der Waals surface area contributed by atoms with Gasteiger partial charge in [0, 0.05) is 37.0 Å². The molecule has 2 aromatic heterocycles. The summed E-state index contributed by atoms with van der Waals surface area (Å²) < 4.78 is 1.94. The molecule has 96 valence electrons. The minimum atomic E-state index is -0.00828. The van der Waals surface area contributed by atoms with Crippen molar-refractivity contribution in [2.24, 2.45) is 7.05 Å². The zero-order valence-electron chi connectivity index (χ0n) is 10.2. The van der Waals surface area contributed by atoms with E-state index in [0.29, 0.717) is 17.3 Å². The summed E-state index contributed by atoms with van der Waals surface area (Å²) in [5.74, 6) is 0.701. The SMILES string of the molecule is Cc1csc(NC(=O)CCSc2nccn2C)n1. The summed E-state index contributed by atoms with van der Waals surface area (Å²) in [6.07, 6.45) is 4.09. The fourth-order valence-corrected chi connectivity index (χ4v) is 2.89. The average molecular weight is 282 g/mol. The Morgan fingerprint density at radius 3 is 3.06 bits per heavy atom. The minimum Gasteiger partial charge on any atom is -0.329 e. The lowest BCUT2D eigenvalue weighted by molar-refractivity contribution is -0.115. The minimum absolute atomic E-state index is 0.00828. The van der Waals surface area contributed by atoms with Gasteiger partial charge in [-0.1, -0.05) is 11.8 Å². The van der Waals surface area contributed by atoms with Crippen LogP contribution in [0.4, 0.5) is 5.13 Å². The lowest BCUT2D eigenvalue weighted by Crippen LogP contribution is -2.12. The maximum absolute atomic E-state index is 11.7. The normalized spacial score (nSPS) is 10.6. The van der Waals surface area contributed by atoms with E-state index in [1.165, 1.54) is 11.3 Å². The summed E-state index contributed by atoms with van der Waals surface area (Å²) in [6.45, 7) is 1.91. The molecule has 2 aromatic rings. The number of imidazole rings is 1. The highest BCUT2D eigenvalue weighted by Gasteiger charge is 2.06. The molecule has 0 aliphatic carbocycles. The van der Waals surface area contributed by atoms with Crippen LogP contribution in [0.2, 0.25) is 0 Å². The molecule has 0 saturated carbocycles. The van der Waals surface area contributed by atoms with Crippen molar-refractivity contribution in [2.75, 3.05) is 11.1 Å². The van der Waals surface area contributed by atoms with Crippen molar-refractivity contribution in [1.29, 1.82) is 0 Å². The van der Waals surface area contributed by atoms with Crippen LogP contribution in [-0.2, 0) is 11.8 Å². The van der Waals surface area contributed by atoms with Crippen molar-refractivity contribution in [1.82, 2.24) is 14.5 Å². The molecule has 0 spiro atoms. The van der Waals surface area contributed by atoms with Crippen LogP contribution in [0, 0.1) is 6.92 Å². The Hall–Kier alpha value is -1.34. The van der Waals surface area contributed by atoms with Gasteiger partial charge in [-0.05, 0) is 6.92 Å². The second-order valence-electron chi connectivity index (χ2n) is 3.76. The van der Waals surface area contributed by atoms with Crippen molar-refractivity contribution in [3.05, 3.63) is 23.5 Å². The number of aryl methyl sites for hydroxylation is 2. The van der Waals surface area contributed by atoms with Gasteiger partial charge in [0.05, 0.1) is 5.69 Å². The molecule has 5 nitrogen and oxygen atoms in total. The number of thioether (sulfide) groups is 1. The molecule has 7 heteroatoms. The van der Waals surface area contributed by atoms with E-state index in [2.05, 4.69) is 15.3 Å². The van der Waals surface area contributed by atoms with Crippen LogP contribution < -0.4 is 5.32 Å². The Labute approximate surface area is 114 Å². The summed E-state index contributed by atoms with van der Waals surface area (Å²) in [7, 11) is 1.94. The van der Waals surface area contributed by atoms with Crippen LogP contribution in [0.5, 0.6) is 0 Å². The largest absolute Gasteiger partial charge is 0.329 e. The standard InChI is InChI=1S/C11H14N4OS2/c1-8-7-18-10(13-8)14-9(16)3-6-17-11-12-4-5-15(11)2/h4-5,7H,3,6H2,1-2H3,(H,13,14,16). The number of nitrogens with zero attached hydrogens (tertiary/aromatic N) is 3. The monoisotopic (exact) mass is 282 g/mol. The molecule has 0 aliphatic heterocycles. The van der Waals surface area contributed by atoms with Gasteiger partial charge in [0.25, 0.3) is 0 Å². The average Bonchev–Trinajstić information content (AvgIpc) is 2.89. The molecule has 0 aliphatic rings. The second kappa shape index (κ2) is 6.01. The zero-order chi connectivity index (χ0) is 13.0. The van der Waals surface area contributed by atoms with Crippen molar-refractivity contribution in [2.45, 2.75) is 18.5 Å². The number of carbonyl (C=O) groups is 1. The molecule has 0 radical (unpaired) electrons. The molecule has 0 unspecified atom stereocenters. The van der Waals surface area contributed by atoms with E-state index >= 15 is 0 Å². The zero-order valence-corrected chi connectivity index (χ0v) is 11.8. The molecule has 0 aromatic carbocycles. The summed E-state index contributed by atoms with van der Waals surface area (Å²) in [4.78, 5) is 20.0. The van der Waals surface area contributed by atoms with E-state index in [9.17, 15) is 4.79 Å². The van der Waals surface area contributed by atoms with Gasteiger partial charge in [0.1, 0.15) is 0 Å². The molecule has 2 rings (SSSR count). The van der Waals surface area contributed by atoms with Crippen molar-refractivity contribution >= 4 is 34.1 Å². The first-order valence-corrected chi connectivity index (χ1v) is 7.34. The third-order valence-corrected chi connectivity index (χ3v) is 4.14. The molecule has 0 fully saturated rings. The van der Waals surface area contributed by atoms with Gasteiger partial charge in [-0.25, -0.2) is 9.97 Å². The number of rotatable bonds is 5. The Bertz CT molecular complexity index is 535. The highest BCUT2D eigenvalue weighted by molar-refractivity contribution is 7.99. The number of thiazole rings is 1. The number of carbonyl (C=O) groups excluding carboxylic acids is 1. The molecular weight excluding hydrogens is 268 g/mol. The maximum Gasteiger partial charge on any atom is 0.226 e. The Morgan fingerprint density at radius 1 is 1.61 bits per heavy atom. The first-order chi connectivity index (χ1) is 8.65. The molecule has 2 heterocycles. The van der Waals surface area contributed by atoms with Crippen LogP contribution in [0.15, 0.2) is 22.9 Å². The highest BCUT2D eigenvalue weighted by atomic mass is 32.2. The molecule has 18 heavy (non-hydrogen) atoms. The van der Waals surface area contributed by atoms with Gasteiger partial charge < -0.3 is 9.88 Å². The molecule has 0 bridgehead atoms. The van der Waals surface area contributed by atoms with Gasteiger partial charge in [0.15, 0.2) is 10.3 Å².